The first-order valence-corrected chi connectivity index (χ1v) is 12.0. The number of hydrogen-bond donors (Lipinski definition) is 1. The average Bonchev–Trinajstić information content (AvgIpc) is 3.45. The fourth-order valence-electron chi connectivity index (χ4n) is 5.16. The Morgan fingerprint density at radius 1 is 0.969 bits per heavy atom. The first-order chi connectivity index (χ1) is 15.7. The minimum absolute atomic E-state index is 0.599. The van der Waals surface area contributed by atoms with Crippen molar-refractivity contribution in [3.8, 4) is 11.1 Å². The van der Waals surface area contributed by atoms with Gasteiger partial charge in [0.25, 0.3) is 0 Å². The van der Waals surface area contributed by atoms with E-state index < -0.39 is 0 Å². The van der Waals surface area contributed by atoms with E-state index in [1.165, 1.54) is 71.9 Å². The van der Waals surface area contributed by atoms with Crippen LogP contribution in [0.15, 0.2) is 61.2 Å². The Hall–Kier alpha value is -3.08. The van der Waals surface area contributed by atoms with E-state index in [2.05, 4.69) is 75.5 Å². The molecule has 32 heavy (non-hydrogen) atoms. The van der Waals surface area contributed by atoms with E-state index in [4.69, 9.17) is 4.98 Å². The van der Waals surface area contributed by atoms with Crippen molar-refractivity contribution >= 4 is 16.6 Å². The molecular formula is C27H31N5. The Kier molecular flexibility index (Phi) is 4.97. The molecule has 2 fully saturated rings. The first-order valence-electron chi connectivity index (χ1n) is 12.0. The molecule has 3 heterocycles. The predicted octanol–water partition coefficient (Wildman–Crippen LogP) is 6.16. The van der Waals surface area contributed by atoms with Crippen molar-refractivity contribution in [2.24, 2.45) is 13.0 Å². The molecule has 1 N–H and O–H groups in total. The highest BCUT2D eigenvalue weighted by atomic mass is 15.3. The Morgan fingerprint density at radius 3 is 2.69 bits per heavy atom. The minimum atomic E-state index is 0.599. The molecule has 5 heteroatoms. The number of fused-ring (bicyclic) bond motifs is 1. The summed E-state index contributed by atoms with van der Waals surface area (Å²) in [6.45, 7) is 1.04. The highest BCUT2D eigenvalue weighted by Crippen LogP contribution is 2.37. The quantitative estimate of drug-likeness (QED) is 0.403. The molecular weight excluding hydrogens is 394 g/mol. The maximum Gasteiger partial charge on any atom is 0.0664 e. The van der Waals surface area contributed by atoms with Gasteiger partial charge in [0, 0.05) is 54.2 Å². The van der Waals surface area contributed by atoms with Crippen molar-refractivity contribution < 1.29 is 0 Å². The Balaban J connectivity index is 1.05. The van der Waals surface area contributed by atoms with Crippen molar-refractivity contribution in [2.45, 2.75) is 50.5 Å². The van der Waals surface area contributed by atoms with Crippen molar-refractivity contribution in [3.63, 3.8) is 0 Å². The van der Waals surface area contributed by atoms with Gasteiger partial charge >= 0.3 is 0 Å². The summed E-state index contributed by atoms with van der Waals surface area (Å²) < 4.78 is 4.27. The Bertz CT molecular complexity index is 1220. The Labute approximate surface area is 189 Å². The van der Waals surface area contributed by atoms with Gasteiger partial charge in [-0.3, -0.25) is 9.67 Å². The second kappa shape index (κ2) is 8.12. The number of nitrogens with one attached hydrogen (secondary N) is 1. The lowest BCUT2D eigenvalue weighted by Gasteiger charge is -2.28. The number of aromatic nitrogens is 4. The molecule has 6 rings (SSSR count). The third-order valence-electron chi connectivity index (χ3n) is 7.37. The number of nitrogens with zero attached hydrogens (tertiary/aromatic N) is 4. The summed E-state index contributed by atoms with van der Waals surface area (Å²) in [5.74, 6) is 1.33. The zero-order valence-corrected chi connectivity index (χ0v) is 18.7. The number of pyridine rings is 1. The van der Waals surface area contributed by atoms with Gasteiger partial charge in [0.1, 0.15) is 0 Å². The molecule has 0 amide bonds. The first kappa shape index (κ1) is 19.6. The second-order valence-corrected chi connectivity index (χ2v) is 9.71. The number of benzene rings is 1. The van der Waals surface area contributed by atoms with E-state index in [1.807, 2.05) is 12.4 Å². The summed E-state index contributed by atoms with van der Waals surface area (Å²) in [6.07, 6.45) is 15.9. The van der Waals surface area contributed by atoms with E-state index >= 15 is 0 Å². The van der Waals surface area contributed by atoms with Gasteiger partial charge in [-0.15, -0.1) is 0 Å². The fourth-order valence-corrected chi connectivity index (χ4v) is 5.16. The summed E-state index contributed by atoms with van der Waals surface area (Å²) in [4.78, 5) is 4.79. The van der Waals surface area contributed by atoms with E-state index in [1.54, 1.807) is 0 Å². The molecule has 5 nitrogen and oxygen atoms in total. The van der Waals surface area contributed by atoms with E-state index in [-0.39, 0.29) is 0 Å². The lowest BCUT2D eigenvalue weighted by atomic mass is 9.80. The van der Waals surface area contributed by atoms with Gasteiger partial charge in [-0.1, -0.05) is 12.1 Å². The second-order valence-electron chi connectivity index (χ2n) is 9.71. The predicted molar refractivity (Wildman–Crippen MR) is 130 cm³/mol. The van der Waals surface area contributed by atoms with Gasteiger partial charge in [0.2, 0.25) is 0 Å². The van der Waals surface area contributed by atoms with Gasteiger partial charge in [0.15, 0.2) is 0 Å². The van der Waals surface area contributed by atoms with Crippen molar-refractivity contribution in [1.29, 1.82) is 0 Å². The molecule has 0 unspecified atom stereocenters. The van der Waals surface area contributed by atoms with Gasteiger partial charge in [-0.05, 0) is 74.3 Å². The lowest BCUT2D eigenvalue weighted by Crippen LogP contribution is -2.21. The van der Waals surface area contributed by atoms with Gasteiger partial charge in [-0.25, -0.2) is 0 Å². The molecule has 1 aromatic carbocycles. The minimum Gasteiger partial charge on any atom is -0.385 e. The average molecular weight is 426 g/mol. The van der Waals surface area contributed by atoms with Gasteiger partial charge in [-0.2, -0.15) is 5.10 Å². The molecule has 2 aliphatic carbocycles. The van der Waals surface area contributed by atoms with Crippen LogP contribution in [-0.2, 0) is 7.05 Å². The summed E-state index contributed by atoms with van der Waals surface area (Å²) in [5.41, 5.74) is 6.15. The van der Waals surface area contributed by atoms with Crippen LogP contribution in [-0.4, -0.2) is 25.9 Å². The molecule has 2 aliphatic rings. The summed E-state index contributed by atoms with van der Waals surface area (Å²) in [7, 11) is 2.08. The largest absolute Gasteiger partial charge is 0.385 e. The maximum atomic E-state index is 4.79. The molecule has 0 aliphatic heterocycles. The smallest absolute Gasteiger partial charge is 0.0664 e. The van der Waals surface area contributed by atoms with Crippen LogP contribution in [0.25, 0.3) is 22.0 Å². The number of anilines is 1. The SMILES string of the molecule is Cn1ccc2cc([C@H]3CC[C@H](CNc4cccc(-c5cnn(C6CC6)c5)c4)CC3)ncc21. The number of aryl methyl sites for hydroxylation is 1. The van der Waals surface area contributed by atoms with Crippen LogP contribution >= 0.6 is 0 Å². The maximum absolute atomic E-state index is 4.79. The van der Waals surface area contributed by atoms with E-state index in [9.17, 15) is 0 Å². The molecule has 0 saturated heterocycles. The van der Waals surface area contributed by atoms with Crippen molar-refractivity contribution in [1.82, 2.24) is 19.3 Å². The summed E-state index contributed by atoms with van der Waals surface area (Å²) >= 11 is 0. The topological polar surface area (TPSA) is 47.7 Å². The van der Waals surface area contributed by atoms with Crippen molar-refractivity contribution in [2.75, 3.05) is 11.9 Å². The van der Waals surface area contributed by atoms with Crippen LogP contribution in [0.3, 0.4) is 0 Å². The summed E-state index contributed by atoms with van der Waals surface area (Å²) in [5, 5.41) is 9.56. The van der Waals surface area contributed by atoms with Crippen LogP contribution in [0.2, 0.25) is 0 Å². The third-order valence-corrected chi connectivity index (χ3v) is 7.37. The zero-order chi connectivity index (χ0) is 21.5. The van der Waals surface area contributed by atoms with Crippen LogP contribution in [0.5, 0.6) is 0 Å². The van der Waals surface area contributed by atoms with Crippen LogP contribution in [0.1, 0.15) is 56.2 Å². The van der Waals surface area contributed by atoms with Crippen molar-refractivity contribution in [3.05, 3.63) is 66.9 Å². The Morgan fingerprint density at radius 2 is 1.84 bits per heavy atom. The van der Waals surface area contributed by atoms with Gasteiger partial charge in [0.05, 0.1) is 24.0 Å². The highest BCUT2D eigenvalue weighted by molar-refractivity contribution is 5.79. The van der Waals surface area contributed by atoms with E-state index in [0.29, 0.717) is 12.0 Å². The third kappa shape index (κ3) is 3.92. The molecule has 4 aromatic rings. The van der Waals surface area contributed by atoms with Crippen LogP contribution in [0.4, 0.5) is 5.69 Å². The van der Waals surface area contributed by atoms with Crippen LogP contribution in [0, 0.1) is 5.92 Å². The van der Waals surface area contributed by atoms with Crippen LogP contribution < -0.4 is 5.32 Å². The number of rotatable bonds is 6. The molecule has 0 bridgehead atoms. The molecule has 164 valence electrons. The molecule has 2 saturated carbocycles. The molecule has 0 radical (unpaired) electrons. The normalized spacial score (nSPS) is 21.2. The molecule has 0 spiro atoms. The molecule has 0 atom stereocenters. The zero-order valence-electron chi connectivity index (χ0n) is 18.7. The highest BCUT2D eigenvalue weighted by Gasteiger charge is 2.25. The monoisotopic (exact) mass is 425 g/mol. The fraction of sp³-hybridized carbons (Fsp3) is 0.407. The molecule has 3 aromatic heterocycles. The summed E-state index contributed by atoms with van der Waals surface area (Å²) in [6, 6.07) is 13.9. The number of hydrogen-bond acceptors (Lipinski definition) is 3. The van der Waals surface area contributed by atoms with Gasteiger partial charge < -0.3 is 9.88 Å². The standard InChI is InChI=1S/C27H31N5/c1-31-12-11-22-14-26(29-17-27(22)31)20-7-5-19(6-8-20)15-28-24-4-2-3-21(13-24)23-16-30-32(18-23)25-9-10-25/h2-4,11-14,16-20,25,28H,5-10,15H2,1H3/t19-,20-. The van der Waals surface area contributed by atoms with E-state index in [0.717, 1.165) is 12.5 Å². The lowest BCUT2D eigenvalue weighted by molar-refractivity contribution is 0.335.